The molecule has 2 rings (SSSR count). The maximum atomic E-state index is 11.7. The Hall–Kier alpha value is -2.54. The molecule has 0 unspecified atom stereocenters. The molecule has 3 N–H and O–H groups in total. The van der Waals surface area contributed by atoms with Crippen LogP contribution in [0.2, 0.25) is 0 Å². The topological polar surface area (TPSA) is 90.8 Å². The molecule has 6 nitrogen and oxygen atoms in total. The van der Waals surface area contributed by atoms with Crippen molar-refractivity contribution < 1.29 is 13.5 Å². The Bertz CT molecular complexity index is 875. The summed E-state index contributed by atoms with van der Waals surface area (Å²) in [6.07, 6.45) is 1.21. The molecule has 0 spiro atoms. The number of phenols is 1. The second kappa shape index (κ2) is 8.71. The number of aromatic hydroxyl groups is 1. The molecule has 0 saturated carbocycles. The number of guanidine groups is 1. The zero-order chi connectivity index (χ0) is 19.2. The van der Waals surface area contributed by atoms with E-state index in [0.29, 0.717) is 23.9 Å². The molecule has 7 heteroatoms. The number of benzene rings is 2. The molecule has 140 valence electrons. The summed E-state index contributed by atoms with van der Waals surface area (Å²) in [7, 11) is -3.21. The molecule has 0 radical (unpaired) electrons. The van der Waals surface area contributed by atoms with E-state index in [4.69, 9.17) is 0 Å². The van der Waals surface area contributed by atoms with Gasteiger partial charge in [0.15, 0.2) is 15.8 Å². The normalized spacial score (nSPS) is 12.0. The van der Waals surface area contributed by atoms with E-state index in [-0.39, 0.29) is 5.75 Å². The molecule has 0 aliphatic heterocycles. The molecule has 0 fully saturated rings. The third-order valence-corrected chi connectivity index (χ3v) is 5.06. The van der Waals surface area contributed by atoms with Crippen LogP contribution in [-0.4, -0.2) is 32.3 Å². The van der Waals surface area contributed by atoms with Crippen molar-refractivity contribution in [1.82, 2.24) is 10.6 Å². The minimum Gasteiger partial charge on any atom is -0.508 e. The van der Waals surface area contributed by atoms with Crippen molar-refractivity contribution in [2.24, 2.45) is 4.99 Å². The van der Waals surface area contributed by atoms with Crippen LogP contribution in [0.15, 0.2) is 52.4 Å². The summed E-state index contributed by atoms with van der Waals surface area (Å²) < 4.78 is 23.4. The molecule has 0 aromatic heterocycles. The number of hydrogen-bond donors (Lipinski definition) is 3. The van der Waals surface area contributed by atoms with E-state index in [1.165, 1.54) is 6.26 Å². The Morgan fingerprint density at radius 1 is 1.08 bits per heavy atom. The summed E-state index contributed by atoms with van der Waals surface area (Å²) in [5, 5.41) is 15.7. The lowest BCUT2D eigenvalue weighted by atomic mass is 10.1. The summed E-state index contributed by atoms with van der Waals surface area (Å²) >= 11 is 0. The van der Waals surface area contributed by atoms with Gasteiger partial charge in [0, 0.05) is 19.3 Å². The zero-order valence-corrected chi connectivity index (χ0v) is 16.1. The Morgan fingerprint density at radius 2 is 1.73 bits per heavy atom. The molecule has 0 bridgehead atoms. The average Bonchev–Trinajstić information content (AvgIpc) is 2.57. The van der Waals surface area contributed by atoms with E-state index in [1.807, 2.05) is 25.1 Å². The average molecular weight is 375 g/mol. The van der Waals surface area contributed by atoms with Crippen LogP contribution in [-0.2, 0) is 22.9 Å². The number of hydrogen-bond acceptors (Lipinski definition) is 4. The van der Waals surface area contributed by atoms with E-state index in [9.17, 15) is 13.5 Å². The molecular formula is C19H25N3O3S. The van der Waals surface area contributed by atoms with Crippen molar-refractivity contribution in [3.05, 3.63) is 59.2 Å². The molecule has 0 saturated heterocycles. The molecule has 0 aliphatic rings. The van der Waals surface area contributed by atoms with Gasteiger partial charge >= 0.3 is 0 Å². The summed E-state index contributed by atoms with van der Waals surface area (Å²) in [5.41, 5.74) is 2.70. The molecule has 2 aromatic rings. The highest BCUT2D eigenvalue weighted by atomic mass is 32.2. The zero-order valence-electron chi connectivity index (χ0n) is 15.3. The number of aliphatic imine (C=N–C) groups is 1. The maximum Gasteiger partial charge on any atom is 0.191 e. The van der Waals surface area contributed by atoms with Crippen LogP contribution < -0.4 is 10.6 Å². The van der Waals surface area contributed by atoms with Gasteiger partial charge in [-0.25, -0.2) is 13.4 Å². The first-order valence-electron chi connectivity index (χ1n) is 8.39. The molecule has 0 aliphatic carbocycles. The standard InChI is InChI=1S/C19H25N3O3S/c1-4-20-19(21-12-15-5-8-17(23)9-6-15)22-13-16-7-10-18(14(2)11-16)26(3,24)25/h5-11,23H,4,12-13H2,1-3H3,(H2,20,21,22). The number of phenolic OH excluding ortho intramolecular Hbond substituents is 1. The highest BCUT2D eigenvalue weighted by molar-refractivity contribution is 7.90. The van der Waals surface area contributed by atoms with Crippen molar-refractivity contribution >= 4 is 15.8 Å². The van der Waals surface area contributed by atoms with Gasteiger partial charge in [0.2, 0.25) is 0 Å². The second-order valence-electron chi connectivity index (χ2n) is 6.09. The number of rotatable bonds is 6. The minimum atomic E-state index is -3.21. The minimum absolute atomic E-state index is 0.238. The van der Waals surface area contributed by atoms with E-state index >= 15 is 0 Å². The van der Waals surface area contributed by atoms with E-state index in [2.05, 4.69) is 15.6 Å². The van der Waals surface area contributed by atoms with Gasteiger partial charge in [-0.3, -0.25) is 0 Å². The molecule has 2 aromatic carbocycles. The van der Waals surface area contributed by atoms with Crippen LogP contribution in [0.25, 0.3) is 0 Å². The predicted molar refractivity (Wildman–Crippen MR) is 104 cm³/mol. The monoisotopic (exact) mass is 375 g/mol. The number of sulfone groups is 1. The van der Waals surface area contributed by atoms with Gasteiger partial charge in [0.05, 0.1) is 11.4 Å². The van der Waals surface area contributed by atoms with Gasteiger partial charge in [0.1, 0.15) is 5.75 Å². The molecule has 26 heavy (non-hydrogen) atoms. The third kappa shape index (κ3) is 5.77. The lowest BCUT2D eigenvalue weighted by Crippen LogP contribution is -2.36. The van der Waals surface area contributed by atoms with Gasteiger partial charge in [-0.05, 0) is 48.7 Å². The van der Waals surface area contributed by atoms with Gasteiger partial charge in [-0.15, -0.1) is 0 Å². The van der Waals surface area contributed by atoms with E-state index in [1.54, 1.807) is 31.2 Å². The fourth-order valence-electron chi connectivity index (χ4n) is 2.54. The van der Waals surface area contributed by atoms with Gasteiger partial charge in [0.25, 0.3) is 0 Å². The van der Waals surface area contributed by atoms with Crippen LogP contribution in [0.5, 0.6) is 5.75 Å². The van der Waals surface area contributed by atoms with E-state index < -0.39 is 9.84 Å². The Labute approximate surface area is 154 Å². The Kier molecular flexibility index (Phi) is 6.63. The summed E-state index contributed by atoms with van der Waals surface area (Å²) in [6, 6.07) is 12.3. The van der Waals surface area contributed by atoms with Crippen molar-refractivity contribution in [2.45, 2.75) is 31.8 Å². The Balaban J connectivity index is 2.06. The van der Waals surface area contributed by atoms with Gasteiger partial charge in [-0.2, -0.15) is 0 Å². The Morgan fingerprint density at radius 3 is 2.31 bits per heavy atom. The fraction of sp³-hybridized carbons (Fsp3) is 0.316. The molecule has 0 amide bonds. The first-order valence-corrected chi connectivity index (χ1v) is 10.3. The fourth-order valence-corrected chi connectivity index (χ4v) is 3.50. The van der Waals surface area contributed by atoms with Crippen LogP contribution >= 0.6 is 0 Å². The van der Waals surface area contributed by atoms with Crippen LogP contribution in [0, 0.1) is 6.92 Å². The lowest BCUT2D eigenvalue weighted by molar-refractivity contribution is 0.475. The van der Waals surface area contributed by atoms with Crippen molar-refractivity contribution in [2.75, 3.05) is 12.8 Å². The quantitative estimate of drug-likeness (QED) is 0.533. The van der Waals surface area contributed by atoms with Gasteiger partial charge in [-0.1, -0.05) is 24.3 Å². The van der Waals surface area contributed by atoms with E-state index in [0.717, 1.165) is 23.2 Å². The van der Waals surface area contributed by atoms with Gasteiger partial charge < -0.3 is 15.7 Å². The number of nitrogens with one attached hydrogen (secondary N) is 2. The smallest absolute Gasteiger partial charge is 0.191 e. The predicted octanol–water partition coefficient (Wildman–Crippen LogP) is 2.36. The SMILES string of the molecule is CCNC(=NCc1ccc(S(C)(=O)=O)c(C)c1)NCc1ccc(O)cc1. The third-order valence-electron chi connectivity index (χ3n) is 3.80. The lowest BCUT2D eigenvalue weighted by Gasteiger charge is -2.12. The van der Waals surface area contributed by atoms with Crippen molar-refractivity contribution in [3.63, 3.8) is 0 Å². The molecule has 0 heterocycles. The van der Waals surface area contributed by atoms with Crippen LogP contribution in [0.1, 0.15) is 23.6 Å². The molecular weight excluding hydrogens is 350 g/mol. The second-order valence-corrected chi connectivity index (χ2v) is 8.07. The van der Waals surface area contributed by atoms with Crippen LogP contribution in [0.3, 0.4) is 0 Å². The largest absolute Gasteiger partial charge is 0.508 e. The highest BCUT2D eigenvalue weighted by Crippen LogP contribution is 2.17. The molecule has 0 atom stereocenters. The number of nitrogens with zero attached hydrogens (tertiary/aromatic N) is 1. The first kappa shape index (κ1) is 19.8. The summed E-state index contributed by atoms with van der Waals surface area (Å²) in [6.45, 7) is 5.53. The maximum absolute atomic E-state index is 11.7. The number of aryl methyl sites for hydroxylation is 1. The summed E-state index contributed by atoms with van der Waals surface area (Å²) in [5.74, 6) is 0.910. The van der Waals surface area contributed by atoms with Crippen molar-refractivity contribution in [3.8, 4) is 5.75 Å². The highest BCUT2D eigenvalue weighted by Gasteiger charge is 2.10. The van der Waals surface area contributed by atoms with Crippen molar-refractivity contribution in [1.29, 1.82) is 0 Å². The summed E-state index contributed by atoms with van der Waals surface area (Å²) in [4.78, 5) is 4.89. The van der Waals surface area contributed by atoms with Crippen LogP contribution in [0.4, 0.5) is 0 Å². The first-order chi connectivity index (χ1) is 12.3.